The lowest BCUT2D eigenvalue weighted by atomic mass is 10.0. The zero-order valence-corrected chi connectivity index (χ0v) is 15.2. The lowest BCUT2D eigenvalue weighted by Gasteiger charge is -2.17. The van der Waals surface area contributed by atoms with E-state index in [-0.39, 0.29) is 26.3 Å². The third kappa shape index (κ3) is 2.59. The van der Waals surface area contributed by atoms with Gasteiger partial charge in [-0.3, -0.25) is 14.3 Å². The Labute approximate surface area is 150 Å². The van der Waals surface area contributed by atoms with E-state index in [0.717, 1.165) is 5.56 Å². The maximum atomic E-state index is 14.5. The summed E-state index contributed by atoms with van der Waals surface area (Å²) in [4.78, 5) is 26.7. The van der Waals surface area contributed by atoms with Gasteiger partial charge in [-0.15, -0.1) is 0 Å². The summed E-state index contributed by atoms with van der Waals surface area (Å²) in [7, 11) is 0. The molecule has 0 radical (unpaired) electrons. The van der Waals surface area contributed by atoms with E-state index >= 15 is 0 Å². The molecule has 2 aromatic carbocycles. The fourth-order valence-corrected chi connectivity index (χ4v) is 3.26. The summed E-state index contributed by atoms with van der Waals surface area (Å²) in [6.45, 7) is 3.98. The normalized spacial score (nSPS) is 11.4. The van der Waals surface area contributed by atoms with Crippen LogP contribution in [0.2, 0.25) is 5.02 Å². The molecule has 3 rings (SSSR count). The number of H-pyrrole nitrogens is 1. The van der Waals surface area contributed by atoms with Gasteiger partial charge in [0.25, 0.3) is 5.56 Å². The van der Waals surface area contributed by atoms with Crippen LogP contribution in [0.4, 0.5) is 4.39 Å². The topological polar surface area (TPSA) is 54.9 Å². The molecule has 0 aliphatic rings. The first-order valence-electron chi connectivity index (χ1n) is 7.24. The van der Waals surface area contributed by atoms with Crippen LogP contribution in [0, 0.1) is 5.82 Å². The molecule has 124 valence electrons. The van der Waals surface area contributed by atoms with Gasteiger partial charge in [0.1, 0.15) is 5.39 Å². The predicted molar refractivity (Wildman–Crippen MR) is 96.9 cm³/mol. The number of benzene rings is 2. The molecule has 1 aromatic heterocycles. The minimum Gasteiger partial charge on any atom is -0.273 e. The van der Waals surface area contributed by atoms with E-state index in [1.54, 1.807) is 12.1 Å². The van der Waals surface area contributed by atoms with Gasteiger partial charge in [0.05, 0.1) is 16.2 Å². The number of rotatable bonds is 2. The van der Waals surface area contributed by atoms with Crippen LogP contribution < -0.4 is 11.2 Å². The van der Waals surface area contributed by atoms with Crippen molar-refractivity contribution < 1.29 is 4.39 Å². The second-order valence-electron chi connectivity index (χ2n) is 5.69. The molecule has 0 spiro atoms. The lowest BCUT2D eigenvalue weighted by Crippen LogP contribution is -2.30. The Morgan fingerprint density at radius 3 is 2.58 bits per heavy atom. The molecule has 7 heteroatoms. The van der Waals surface area contributed by atoms with Gasteiger partial charge in [0, 0.05) is 4.47 Å². The fourth-order valence-electron chi connectivity index (χ4n) is 2.72. The minimum atomic E-state index is -0.863. The summed E-state index contributed by atoms with van der Waals surface area (Å²) in [6, 6.07) is 8.78. The second-order valence-corrected chi connectivity index (χ2v) is 6.92. The number of hydrogen-bond acceptors (Lipinski definition) is 2. The van der Waals surface area contributed by atoms with E-state index in [0.29, 0.717) is 5.69 Å². The minimum absolute atomic E-state index is 0.135. The van der Waals surface area contributed by atoms with Crippen LogP contribution in [-0.4, -0.2) is 9.55 Å². The van der Waals surface area contributed by atoms with Gasteiger partial charge in [-0.2, -0.15) is 0 Å². The highest BCUT2D eigenvalue weighted by molar-refractivity contribution is 9.10. The van der Waals surface area contributed by atoms with Gasteiger partial charge in [0.2, 0.25) is 0 Å². The summed E-state index contributed by atoms with van der Waals surface area (Å²) in [5.41, 5.74) is 0.215. The van der Waals surface area contributed by atoms with Crippen molar-refractivity contribution >= 4 is 38.4 Å². The van der Waals surface area contributed by atoms with Crippen molar-refractivity contribution in [2.75, 3.05) is 0 Å². The zero-order chi connectivity index (χ0) is 17.6. The van der Waals surface area contributed by atoms with Crippen LogP contribution in [0.25, 0.3) is 16.6 Å². The molecule has 0 saturated heterocycles. The maximum absolute atomic E-state index is 14.5. The van der Waals surface area contributed by atoms with E-state index in [1.165, 1.54) is 10.6 Å². The van der Waals surface area contributed by atoms with Crippen LogP contribution in [-0.2, 0) is 0 Å². The van der Waals surface area contributed by atoms with E-state index in [2.05, 4.69) is 20.9 Å². The van der Waals surface area contributed by atoms with Gasteiger partial charge in [-0.05, 0) is 39.5 Å². The number of para-hydroxylation sites is 1. The van der Waals surface area contributed by atoms with Gasteiger partial charge >= 0.3 is 5.69 Å². The highest BCUT2D eigenvalue weighted by Gasteiger charge is 2.19. The molecule has 24 heavy (non-hydrogen) atoms. The molecule has 0 aliphatic carbocycles. The second kappa shape index (κ2) is 6.18. The maximum Gasteiger partial charge on any atom is 0.333 e. The quantitative estimate of drug-likeness (QED) is 0.637. The molecule has 1 N–H and O–H groups in total. The third-order valence-electron chi connectivity index (χ3n) is 3.83. The smallest absolute Gasteiger partial charge is 0.273 e. The summed E-state index contributed by atoms with van der Waals surface area (Å²) >= 11 is 9.06. The number of nitrogens with one attached hydrogen (secondary N) is 1. The largest absolute Gasteiger partial charge is 0.333 e. The molecule has 3 aromatic rings. The van der Waals surface area contributed by atoms with E-state index in [9.17, 15) is 14.0 Å². The molecule has 4 nitrogen and oxygen atoms in total. The first-order chi connectivity index (χ1) is 11.3. The number of hydrogen-bond donors (Lipinski definition) is 1. The Bertz CT molecular complexity index is 1070. The molecule has 0 saturated carbocycles. The monoisotopic (exact) mass is 410 g/mol. The van der Waals surface area contributed by atoms with E-state index in [4.69, 9.17) is 11.6 Å². The molecule has 0 bridgehead atoms. The Balaban J connectivity index is 2.56. The number of halogens is 3. The highest BCUT2D eigenvalue weighted by Crippen LogP contribution is 2.32. The van der Waals surface area contributed by atoms with Crippen molar-refractivity contribution in [3.8, 4) is 5.69 Å². The standard InChI is InChI=1S/C17H13BrClFN2O2/c1-8(2)9-5-3-4-6-11(9)22-12-7-10(18)14(19)15(20)13(12)16(23)21-17(22)24/h3-8H,1-2H3,(H,21,23,24). The average molecular weight is 412 g/mol. The summed E-state index contributed by atoms with van der Waals surface area (Å²) in [5, 5.41) is -0.447. The number of fused-ring (bicyclic) bond motifs is 1. The predicted octanol–water partition coefficient (Wildman–Crippen LogP) is 4.36. The van der Waals surface area contributed by atoms with Gasteiger partial charge in [-0.25, -0.2) is 9.18 Å². The van der Waals surface area contributed by atoms with Gasteiger partial charge in [0.15, 0.2) is 5.82 Å². The molecule has 0 aliphatic heterocycles. The Morgan fingerprint density at radius 1 is 1.25 bits per heavy atom. The van der Waals surface area contributed by atoms with E-state index in [1.807, 2.05) is 26.0 Å². The molecule has 0 amide bonds. The molecule has 0 unspecified atom stereocenters. The first kappa shape index (κ1) is 16.9. The molecular weight excluding hydrogens is 399 g/mol. The molecule has 1 heterocycles. The molecular formula is C17H13BrClFN2O2. The van der Waals surface area contributed by atoms with Crippen LogP contribution in [0.1, 0.15) is 25.3 Å². The summed E-state index contributed by atoms with van der Waals surface area (Å²) < 4.78 is 16.1. The van der Waals surface area contributed by atoms with E-state index < -0.39 is 17.1 Å². The lowest BCUT2D eigenvalue weighted by molar-refractivity contribution is 0.637. The SMILES string of the molecule is CC(C)c1ccccc1-n1c(=O)[nH]c(=O)c2c(F)c(Cl)c(Br)cc21. The Morgan fingerprint density at radius 2 is 1.92 bits per heavy atom. The van der Waals surface area contributed by atoms with Gasteiger partial charge < -0.3 is 0 Å². The van der Waals surface area contributed by atoms with Crippen molar-refractivity contribution in [3.05, 3.63) is 72.0 Å². The first-order valence-corrected chi connectivity index (χ1v) is 8.42. The van der Waals surface area contributed by atoms with Crippen LogP contribution in [0.3, 0.4) is 0 Å². The summed E-state index contributed by atoms with van der Waals surface area (Å²) in [6.07, 6.45) is 0. The van der Waals surface area contributed by atoms with Crippen LogP contribution in [0.5, 0.6) is 0 Å². The summed E-state index contributed by atoms with van der Waals surface area (Å²) in [5.74, 6) is -0.728. The third-order valence-corrected chi connectivity index (χ3v) is 5.06. The molecule has 0 atom stereocenters. The Kier molecular flexibility index (Phi) is 4.36. The van der Waals surface area contributed by atoms with Crippen molar-refractivity contribution in [2.45, 2.75) is 19.8 Å². The number of aromatic amines is 1. The van der Waals surface area contributed by atoms with Crippen molar-refractivity contribution in [3.63, 3.8) is 0 Å². The van der Waals surface area contributed by atoms with Crippen molar-refractivity contribution in [2.24, 2.45) is 0 Å². The zero-order valence-electron chi connectivity index (χ0n) is 12.9. The van der Waals surface area contributed by atoms with Crippen molar-refractivity contribution in [1.29, 1.82) is 0 Å². The van der Waals surface area contributed by atoms with Crippen LogP contribution >= 0.6 is 27.5 Å². The van der Waals surface area contributed by atoms with Crippen LogP contribution in [0.15, 0.2) is 44.4 Å². The Hall–Kier alpha value is -1.92. The number of aromatic nitrogens is 2. The number of nitrogens with zero attached hydrogens (tertiary/aromatic N) is 1. The average Bonchev–Trinajstić information content (AvgIpc) is 2.52. The highest BCUT2D eigenvalue weighted by atomic mass is 79.9. The fraction of sp³-hybridized carbons (Fsp3) is 0.176. The van der Waals surface area contributed by atoms with Gasteiger partial charge in [-0.1, -0.05) is 43.6 Å². The van der Waals surface area contributed by atoms with Crippen molar-refractivity contribution in [1.82, 2.24) is 9.55 Å². The molecule has 0 fully saturated rings.